The number of ketones is 1. The highest BCUT2D eigenvalue weighted by Crippen LogP contribution is 2.36. The van der Waals surface area contributed by atoms with Crippen LogP contribution in [0.25, 0.3) is 0 Å². The fourth-order valence-electron chi connectivity index (χ4n) is 3.66. The Labute approximate surface area is 185 Å². The van der Waals surface area contributed by atoms with Gasteiger partial charge < -0.3 is 25.4 Å². The molecule has 0 saturated carbocycles. The van der Waals surface area contributed by atoms with Crippen molar-refractivity contribution in [1.29, 1.82) is 0 Å². The number of hydrogen-bond donors (Lipinski definition) is 4. The summed E-state index contributed by atoms with van der Waals surface area (Å²) >= 11 is 0. The first-order valence-electron chi connectivity index (χ1n) is 10.2. The average molecular weight is 467 g/mol. The minimum absolute atomic E-state index is 0.117. The minimum Gasteiger partial charge on any atom is -0.481 e. The molecule has 0 unspecified atom stereocenters. The van der Waals surface area contributed by atoms with Crippen molar-refractivity contribution in [3.05, 3.63) is 41.7 Å². The number of rotatable bonds is 10. The maximum Gasteiger partial charge on any atom is 0.307 e. The predicted molar refractivity (Wildman–Crippen MR) is 113 cm³/mol. The van der Waals surface area contributed by atoms with E-state index in [0.29, 0.717) is 31.5 Å². The zero-order valence-electron chi connectivity index (χ0n) is 17.5. The van der Waals surface area contributed by atoms with Crippen LogP contribution >= 0.6 is 0 Å². The molecule has 0 radical (unpaired) electrons. The number of ether oxygens (including phenoxy) is 1. The standard InChI is InChI=1S/C20H26N4O7S/c1-2-30-19-16(13-8-10-22-11-9-13)17(31-23-19)18(27)20(21,12-15(25)26)24-32(28,29)14-6-4-3-5-7-14/h3-7,13,22,24H,2,8-12,21H2,1H3,(H,25,26)/t20-/m0/s1. The van der Waals surface area contributed by atoms with E-state index in [4.69, 9.17) is 15.0 Å². The molecule has 1 aliphatic heterocycles. The van der Waals surface area contributed by atoms with Gasteiger partial charge in [0.15, 0.2) is 5.66 Å². The number of nitrogens with zero attached hydrogens (tertiary/aromatic N) is 1. The lowest BCUT2D eigenvalue weighted by molar-refractivity contribution is -0.138. The number of carboxylic acid groups (broad SMARTS) is 1. The Hall–Kier alpha value is -2.80. The summed E-state index contributed by atoms with van der Waals surface area (Å²) in [6.07, 6.45) is 0.315. The van der Waals surface area contributed by atoms with Crippen LogP contribution in [0.4, 0.5) is 0 Å². The number of benzene rings is 1. The van der Waals surface area contributed by atoms with Gasteiger partial charge in [0.1, 0.15) is 0 Å². The Kier molecular flexibility index (Phi) is 7.29. The van der Waals surface area contributed by atoms with Crippen LogP contribution in [-0.4, -0.2) is 55.8 Å². The molecule has 1 aromatic heterocycles. The number of nitrogens with one attached hydrogen (secondary N) is 2. The highest BCUT2D eigenvalue weighted by Gasteiger charge is 2.45. The number of hydrogen-bond acceptors (Lipinski definition) is 9. The maximum absolute atomic E-state index is 13.5. The van der Waals surface area contributed by atoms with Crippen LogP contribution < -0.4 is 20.5 Å². The SMILES string of the molecule is CCOc1noc(C(=O)[C@](N)(CC(=O)O)NS(=O)(=O)c2ccccc2)c1C1CCNCC1. The Morgan fingerprint density at radius 3 is 2.56 bits per heavy atom. The third-order valence-electron chi connectivity index (χ3n) is 5.13. The van der Waals surface area contributed by atoms with Crippen LogP contribution in [0.5, 0.6) is 5.88 Å². The zero-order chi connectivity index (χ0) is 23.4. The second kappa shape index (κ2) is 9.77. The lowest BCUT2D eigenvalue weighted by Gasteiger charge is -2.28. The van der Waals surface area contributed by atoms with Crippen molar-refractivity contribution in [1.82, 2.24) is 15.2 Å². The quantitative estimate of drug-likeness (QED) is 0.290. The highest BCUT2D eigenvalue weighted by atomic mass is 32.2. The van der Waals surface area contributed by atoms with E-state index in [1.165, 1.54) is 24.3 Å². The van der Waals surface area contributed by atoms with E-state index in [0.717, 1.165) is 0 Å². The van der Waals surface area contributed by atoms with Gasteiger partial charge in [0, 0.05) is 0 Å². The molecule has 1 fully saturated rings. The number of piperidine rings is 1. The fraction of sp³-hybridized carbons (Fsp3) is 0.450. The molecule has 3 rings (SSSR count). The van der Waals surface area contributed by atoms with Gasteiger partial charge in [-0.3, -0.25) is 9.59 Å². The summed E-state index contributed by atoms with van der Waals surface area (Å²) in [5, 5.41) is 16.4. The number of sulfonamides is 1. The van der Waals surface area contributed by atoms with Gasteiger partial charge in [-0.1, -0.05) is 18.2 Å². The predicted octanol–water partition coefficient (Wildman–Crippen LogP) is 0.831. The van der Waals surface area contributed by atoms with E-state index in [2.05, 4.69) is 15.2 Å². The molecule has 1 atom stereocenters. The second-order valence-corrected chi connectivity index (χ2v) is 9.16. The summed E-state index contributed by atoms with van der Waals surface area (Å²) in [6.45, 7) is 3.40. The summed E-state index contributed by atoms with van der Waals surface area (Å²) in [7, 11) is -4.32. The molecule has 32 heavy (non-hydrogen) atoms. The molecule has 1 aliphatic rings. The van der Waals surface area contributed by atoms with Crippen LogP contribution in [0.3, 0.4) is 0 Å². The number of carboxylic acids is 1. The number of carbonyl (C=O) groups is 2. The van der Waals surface area contributed by atoms with Crippen molar-refractivity contribution < 1.29 is 32.4 Å². The molecular weight excluding hydrogens is 440 g/mol. The van der Waals surface area contributed by atoms with E-state index in [-0.39, 0.29) is 29.1 Å². The molecule has 5 N–H and O–H groups in total. The van der Waals surface area contributed by atoms with Crippen LogP contribution in [0.1, 0.15) is 48.2 Å². The van der Waals surface area contributed by atoms with Gasteiger partial charge in [-0.25, -0.2) is 8.42 Å². The van der Waals surface area contributed by atoms with Crippen LogP contribution in [0.15, 0.2) is 39.8 Å². The molecule has 12 heteroatoms. The Morgan fingerprint density at radius 1 is 1.31 bits per heavy atom. The monoisotopic (exact) mass is 466 g/mol. The third kappa shape index (κ3) is 5.15. The van der Waals surface area contributed by atoms with Gasteiger partial charge in [0.2, 0.25) is 21.6 Å². The number of Topliss-reactive ketones (excluding diaryl/α,β-unsaturated/α-hetero) is 1. The first-order chi connectivity index (χ1) is 15.2. The number of aliphatic carboxylic acids is 1. The Bertz CT molecular complexity index is 1060. The Morgan fingerprint density at radius 2 is 1.97 bits per heavy atom. The molecular formula is C20H26N4O7S. The first kappa shape index (κ1) is 23.9. The molecule has 2 aromatic rings. The maximum atomic E-state index is 13.5. The minimum atomic E-state index is -4.32. The molecule has 2 heterocycles. The summed E-state index contributed by atoms with van der Waals surface area (Å²) < 4.78 is 38.5. The van der Waals surface area contributed by atoms with Crippen molar-refractivity contribution in [3.8, 4) is 5.88 Å². The third-order valence-corrected chi connectivity index (χ3v) is 6.66. The van der Waals surface area contributed by atoms with Crippen molar-refractivity contribution in [2.45, 2.75) is 42.7 Å². The van der Waals surface area contributed by atoms with E-state index >= 15 is 0 Å². The van der Waals surface area contributed by atoms with Crippen molar-refractivity contribution in [2.75, 3.05) is 19.7 Å². The molecule has 11 nitrogen and oxygen atoms in total. The van der Waals surface area contributed by atoms with E-state index in [9.17, 15) is 23.1 Å². The normalized spacial score (nSPS) is 16.9. The fourth-order valence-corrected chi connectivity index (χ4v) is 4.94. The Balaban J connectivity index is 2.03. The molecule has 0 bridgehead atoms. The van der Waals surface area contributed by atoms with E-state index < -0.39 is 33.9 Å². The van der Waals surface area contributed by atoms with Crippen LogP contribution in [0.2, 0.25) is 0 Å². The number of nitrogens with two attached hydrogens (primary N) is 1. The van der Waals surface area contributed by atoms with Crippen molar-refractivity contribution >= 4 is 21.8 Å². The highest BCUT2D eigenvalue weighted by molar-refractivity contribution is 7.89. The number of aromatic nitrogens is 1. The van der Waals surface area contributed by atoms with Crippen LogP contribution in [-0.2, 0) is 14.8 Å². The smallest absolute Gasteiger partial charge is 0.307 e. The van der Waals surface area contributed by atoms with Gasteiger partial charge in [-0.05, 0) is 56.1 Å². The summed E-state index contributed by atoms with van der Waals surface area (Å²) in [5.41, 5.74) is 3.98. The summed E-state index contributed by atoms with van der Waals surface area (Å²) in [6, 6.07) is 7.20. The van der Waals surface area contributed by atoms with Gasteiger partial charge in [0.05, 0.1) is 23.5 Å². The molecule has 174 valence electrons. The number of carbonyl (C=O) groups excluding carboxylic acids is 1. The molecule has 0 aliphatic carbocycles. The second-order valence-electron chi connectivity index (χ2n) is 7.48. The average Bonchev–Trinajstić information content (AvgIpc) is 3.17. The van der Waals surface area contributed by atoms with Gasteiger partial charge >= 0.3 is 5.97 Å². The van der Waals surface area contributed by atoms with Gasteiger partial charge in [-0.2, -0.15) is 4.72 Å². The first-order valence-corrected chi connectivity index (χ1v) is 11.6. The van der Waals surface area contributed by atoms with Crippen molar-refractivity contribution in [2.24, 2.45) is 5.73 Å². The molecule has 1 saturated heterocycles. The van der Waals surface area contributed by atoms with E-state index in [1.807, 2.05) is 0 Å². The lowest BCUT2D eigenvalue weighted by atomic mass is 9.87. The van der Waals surface area contributed by atoms with Gasteiger partial charge in [0.25, 0.3) is 5.88 Å². The van der Waals surface area contributed by atoms with Crippen molar-refractivity contribution in [3.63, 3.8) is 0 Å². The molecule has 0 amide bonds. The zero-order valence-corrected chi connectivity index (χ0v) is 18.4. The molecule has 1 aromatic carbocycles. The largest absolute Gasteiger partial charge is 0.481 e. The summed E-state index contributed by atoms with van der Waals surface area (Å²) in [4.78, 5) is 24.8. The topological polar surface area (TPSA) is 174 Å². The van der Waals surface area contributed by atoms with Gasteiger partial charge in [-0.15, -0.1) is 0 Å². The van der Waals surface area contributed by atoms with E-state index in [1.54, 1.807) is 13.0 Å². The lowest BCUT2D eigenvalue weighted by Crippen LogP contribution is -2.62. The molecule has 0 spiro atoms. The van der Waals surface area contributed by atoms with Crippen LogP contribution in [0, 0.1) is 0 Å². The summed E-state index contributed by atoms with van der Waals surface area (Å²) in [5.74, 6) is -2.84.